The SMILES string of the molecule is Cl.O=C(c1n[nH]c2c1CNCC2)N1CCC(c2nc3cc(Cl)ccc3o2)CC1. The van der Waals surface area contributed by atoms with Crippen LogP contribution < -0.4 is 5.32 Å². The number of carbonyl (C=O) groups is 1. The average molecular weight is 422 g/mol. The van der Waals surface area contributed by atoms with Crippen molar-refractivity contribution >= 4 is 41.0 Å². The molecule has 9 heteroatoms. The van der Waals surface area contributed by atoms with E-state index in [4.69, 9.17) is 16.0 Å². The second-order valence-electron chi connectivity index (χ2n) is 7.19. The highest BCUT2D eigenvalue weighted by Crippen LogP contribution is 2.31. The summed E-state index contributed by atoms with van der Waals surface area (Å²) in [6.45, 7) is 2.98. The number of oxazole rings is 1. The number of benzene rings is 1. The molecule has 0 atom stereocenters. The largest absolute Gasteiger partial charge is 0.440 e. The van der Waals surface area contributed by atoms with E-state index in [9.17, 15) is 4.79 Å². The topological polar surface area (TPSA) is 87.0 Å². The van der Waals surface area contributed by atoms with Crippen LogP contribution in [0.25, 0.3) is 11.1 Å². The Morgan fingerprint density at radius 2 is 2.11 bits per heavy atom. The summed E-state index contributed by atoms with van der Waals surface area (Å²) in [5.74, 6) is 0.967. The average Bonchev–Trinajstić information content (AvgIpc) is 3.31. The zero-order valence-corrected chi connectivity index (χ0v) is 16.8. The molecular weight excluding hydrogens is 401 g/mol. The van der Waals surface area contributed by atoms with E-state index in [1.165, 1.54) is 0 Å². The quantitative estimate of drug-likeness (QED) is 0.662. The molecule has 1 fully saturated rings. The first-order valence-corrected chi connectivity index (χ1v) is 9.69. The lowest BCUT2D eigenvalue weighted by Gasteiger charge is -2.30. The van der Waals surface area contributed by atoms with E-state index < -0.39 is 0 Å². The number of aromatic nitrogens is 3. The summed E-state index contributed by atoms with van der Waals surface area (Å²) in [4.78, 5) is 19.4. The predicted octanol–water partition coefficient (Wildman–Crippen LogP) is 3.29. The summed E-state index contributed by atoms with van der Waals surface area (Å²) in [6.07, 6.45) is 2.55. The number of hydrogen-bond acceptors (Lipinski definition) is 5. The molecule has 0 bridgehead atoms. The Morgan fingerprint density at radius 1 is 1.29 bits per heavy atom. The third-order valence-corrected chi connectivity index (χ3v) is 5.74. The molecule has 148 valence electrons. The number of halogens is 2. The predicted molar refractivity (Wildman–Crippen MR) is 108 cm³/mol. The first-order valence-electron chi connectivity index (χ1n) is 9.31. The van der Waals surface area contributed by atoms with Crippen LogP contribution >= 0.6 is 24.0 Å². The Bertz CT molecular complexity index is 1010. The molecule has 28 heavy (non-hydrogen) atoms. The Balaban J connectivity index is 0.00000192. The fourth-order valence-corrected chi connectivity index (χ4v) is 4.14. The normalized spacial score (nSPS) is 17.4. The van der Waals surface area contributed by atoms with Crippen LogP contribution in [0.3, 0.4) is 0 Å². The van der Waals surface area contributed by atoms with Crippen molar-refractivity contribution in [3.8, 4) is 0 Å². The summed E-state index contributed by atoms with van der Waals surface area (Å²) in [6, 6.07) is 5.47. The van der Waals surface area contributed by atoms with E-state index in [0.29, 0.717) is 30.4 Å². The monoisotopic (exact) mass is 421 g/mol. The fraction of sp³-hybridized carbons (Fsp3) is 0.421. The molecule has 2 aliphatic rings. The molecule has 1 aromatic carbocycles. The molecular formula is C19H21Cl2N5O2. The lowest BCUT2D eigenvalue weighted by Crippen LogP contribution is -2.39. The van der Waals surface area contributed by atoms with E-state index in [1.54, 1.807) is 6.07 Å². The van der Waals surface area contributed by atoms with Gasteiger partial charge in [0.2, 0.25) is 0 Å². The summed E-state index contributed by atoms with van der Waals surface area (Å²) in [7, 11) is 0. The van der Waals surface area contributed by atoms with Crippen molar-refractivity contribution in [2.75, 3.05) is 19.6 Å². The minimum atomic E-state index is 0. The molecule has 1 amide bonds. The standard InChI is InChI=1S/C19H20ClN5O2.ClH/c20-12-1-2-16-15(9-12)22-18(27-16)11-4-7-25(8-5-11)19(26)17-13-10-21-6-3-14(13)23-24-17;/h1-2,9,11,21H,3-8,10H2,(H,23,24);1H. The number of piperidine rings is 1. The molecule has 0 unspecified atom stereocenters. The Hall–Kier alpha value is -2.09. The highest BCUT2D eigenvalue weighted by molar-refractivity contribution is 6.31. The van der Waals surface area contributed by atoms with Crippen molar-refractivity contribution in [3.63, 3.8) is 0 Å². The lowest BCUT2D eigenvalue weighted by molar-refractivity contribution is 0.0699. The molecule has 2 N–H and O–H groups in total. The van der Waals surface area contributed by atoms with Crippen LogP contribution in [0.4, 0.5) is 0 Å². The number of nitrogens with one attached hydrogen (secondary N) is 2. The van der Waals surface area contributed by atoms with Crippen molar-refractivity contribution < 1.29 is 9.21 Å². The number of amides is 1. The van der Waals surface area contributed by atoms with Gasteiger partial charge in [0, 0.05) is 54.8 Å². The van der Waals surface area contributed by atoms with Gasteiger partial charge in [0.05, 0.1) is 0 Å². The van der Waals surface area contributed by atoms with Crippen LogP contribution in [0.2, 0.25) is 5.02 Å². The number of fused-ring (bicyclic) bond motifs is 2. The maximum Gasteiger partial charge on any atom is 0.274 e. The minimum absolute atomic E-state index is 0. The zero-order valence-electron chi connectivity index (χ0n) is 15.2. The van der Waals surface area contributed by atoms with Crippen LogP contribution in [-0.4, -0.2) is 45.6 Å². The third kappa shape index (κ3) is 3.38. The summed E-state index contributed by atoms with van der Waals surface area (Å²) >= 11 is 6.03. The summed E-state index contributed by atoms with van der Waals surface area (Å²) in [5.41, 5.74) is 4.20. The number of rotatable bonds is 2. The Kier molecular flexibility index (Phi) is 5.31. The third-order valence-electron chi connectivity index (χ3n) is 5.51. The first kappa shape index (κ1) is 19.2. The van der Waals surface area contributed by atoms with E-state index in [2.05, 4.69) is 20.5 Å². The van der Waals surface area contributed by atoms with E-state index >= 15 is 0 Å². The highest BCUT2D eigenvalue weighted by atomic mass is 35.5. The van der Waals surface area contributed by atoms with Crippen LogP contribution in [0, 0.1) is 0 Å². The highest BCUT2D eigenvalue weighted by Gasteiger charge is 2.30. The maximum atomic E-state index is 12.9. The number of likely N-dealkylation sites (tertiary alicyclic amines) is 1. The van der Waals surface area contributed by atoms with Gasteiger partial charge in [-0.25, -0.2) is 4.98 Å². The number of nitrogens with zero attached hydrogens (tertiary/aromatic N) is 3. The fourth-order valence-electron chi connectivity index (χ4n) is 3.97. The van der Waals surface area contributed by atoms with Crippen molar-refractivity contribution in [3.05, 3.63) is 46.1 Å². The van der Waals surface area contributed by atoms with Crippen molar-refractivity contribution in [2.45, 2.75) is 31.7 Å². The molecule has 7 nitrogen and oxygen atoms in total. The van der Waals surface area contributed by atoms with Crippen LogP contribution in [0.15, 0.2) is 22.6 Å². The van der Waals surface area contributed by atoms with Gasteiger partial charge in [0.25, 0.3) is 5.91 Å². The molecule has 0 spiro atoms. The number of H-pyrrole nitrogens is 1. The van der Waals surface area contributed by atoms with Gasteiger partial charge >= 0.3 is 0 Å². The minimum Gasteiger partial charge on any atom is -0.440 e. The second kappa shape index (κ2) is 7.73. The van der Waals surface area contributed by atoms with Crippen LogP contribution in [0.1, 0.15) is 46.4 Å². The van der Waals surface area contributed by atoms with E-state index in [0.717, 1.165) is 54.1 Å². The van der Waals surface area contributed by atoms with Crippen LogP contribution in [-0.2, 0) is 13.0 Å². The first-order chi connectivity index (χ1) is 13.2. The molecule has 2 aliphatic heterocycles. The second-order valence-corrected chi connectivity index (χ2v) is 7.62. The van der Waals surface area contributed by atoms with Crippen LogP contribution in [0.5, 0.6) is 0 Å². The van der Waals surface area contributed by atoms with Gasteiger partial charge in [-0.3, -0.25) is 9.89 Å². The molecule has 2 aromatic heterocycles. The van der Waals surface area contributed by atoms with Gasteiger partial charge in [-0.1, -0.05) is 11.6 Å². The van der Waals surface area contributed by atoms with Gasteiger partial charge in [-0.2, -0.15) is 5.10 Å². The maximum absolute atomic E-state index is 12.9. The molecule has 0 aliphatic carbocycles. The Labute approximate surface area is 173 Å². The zero-order chi connectivity index (χ0) is 18.4. The molecule has 3 aromatic rings. The Morgan fingerprint density at radius 3 is 2.93 bits per heavy atom. The number of aromatic amines is 1. The van der Waals surface area contributed by atoms with Crippen molar-refractivity contribution in [1.82, 2.24) is 25.4 Å². The summed E-state index contributed by atoms with van der Waals surface area (Å²) in [5, 5.41) is 11.3. The molecule has 5 rings (SSSR count). The van der Waals surface area contributed by atoms with E-state index in [1.807, 2.05) is 17.0 Å². The van der Waals surface area contributed by atoms with Gasteiger partial charge in [0.15, 0.2) is 17.2 Å². The van der Waals surface area contributed by atoms with Gasteiger partial charge in [-0.05, 0) is 31.0 Å². The van der Waals surface area contributed by atoms with Gasteiger partial charge in [0.1, 0.15) is 5.52 Å². The smallest absolute Gasteiger partial charge is 0.274 e. The number of hydrogen-bond donors (Lipinski definition) is 2. The number of carbonyl (C=O) groups excluding carboxylic acids is 1. The van der Waals surface area contributed by atoms with Gasteiger partial charge < -0.3 is 14.6 Å². The van der Waals surface area contributed by atoms with Crippen molar-refractivity contribution in [2.24, 2.45) is 0 Å². The molecule has 0 radical (unpaired) electrons. The lowest BCUT2D eigenvalue weighted by atomic mass is 9.96. The van der Waals surface area contributed by atoms with Crippen molar-refractivity contribution in [1.29, 1.82) is 0 Å². The molecule has 0 saturated carbocycles. The summed E-state index contributed by atoms with van der Waals surface area (Å²) < 4.78 is 5.91. The molecule has 1 saturated heterocycles. The van der Waals surface area contributed by atoms with Gasteiger partial charge in [-0.15, -0.1) is 12.4 Å². The molecule has 4 heterocycles. The van der Waals surface area contributed by atoms with E-state index in [-0.39, 0.29) is 24.2 Å².